The molecule has 0 rings (SSSR count). The summed E-state index contributed by atoms with van der Waals surface area (Å²) in [6, 6.07) is 1.25. The van der Waals surface area contributed by atoms with Crippen molar-refractivity contribution in [2.24, 2.45) is 0 Å². The topological polar surface area (TPSA) is 6.48 Å². The third-order valence-electron chi connectivity index (χ3n) is 2.30. The van der Waals surface area contributed by atoms with E-state index in [1.54, 1.807) is 0 Å². The Morgan fingerprint density at radius 2 is 1.17 bits per heavy atom. The first-order chi connectivity index (χ1) is 5.37. The summed E-state index contributed by atoms with van der Waals surface area (Å²) in [6.07, 6.45) is 0. The van der Waals surface area contributed by atoms with Gasteiger partial charge in [-0.15, -0.1) is 0 Å². The van der Waals surface area contributed by atoms with Gasteiger partial charge in [0.2, 0.25) is 0 Å². The van der Waals surface area contributed by atoms with E-state index < -0.39 is 7.74 Å². The van der Waals surface area contributed by atoms with Crippen LogP contribution in [0.1, 0.15) is 27.7 Å². The Morgan fingerprint density at radius 3 is 1.33 bits per heavy atom. The summed E-state index contributed by atoms with van der Waals surface area (Å²) in [5, 5.41) is 0. The molecule has 0 atom stereocenters. The fourth-order valence-electron chi connectivity index (χ4n) is 0.779. The van der Waals surface area contributed by atoms with Crippen molar-refractivity contribution in [3.8, 4) is 0 Å². The molecule has 0 unspecified atom stereocenters. The molecule has 2 nitrogen and oxygen atoms in total. The molecule has 0 bridgehead atoms. The van der Waals surface area contributed by atoms with Gasteiger partial charge in [0, 0.05) is 0 Å². The van der Waals surface area contributed by atoms with E-state index in [-0.39, 0.29) is 0 Å². The average Bonchev–Trinajstić information content (AvgIpc) is 2.00. The summed E-state index contributed by atoms with van der Waals surface area (Å²) in [5.74, 6) is 0. The standard InChI is InChI=1S/C8H21BrN2Si/c1-7(2)10(5)12(9)11(6)8(3)4/h7-8,12H,1-6H3. The van der Waals surface area contributed by atoms with Gasteiger partial charge in [0.1, 0.15) is 0 Å². The van der Waals surface area contributed by atoms with E-state index in [2.05, 4.69) is 66.2 Å². The Bertz CT molecular complexity index is 116. The maximum Gasteiger partial charge on any atom is 0.264 e. The van der Waals surface area contributed by atoms with Gasteiger partial charge in [-0.25, -0.2) is 0 Å². The molecule has 0 aromatic heterocycles. The predicted molar refractivity (Wildman–Crippen MR) is 61.9 cm³/mol. The van der Waals surface area contributed by atoms with Crippen molar-refractivity contribution in [3.05, 3.63) is 0 Å². The highest BCUT2D eigenvalue weighted by Crippen LogP contribution is 2.10. The van der Waals surface area contributed by atoms with Gasteiger partial charge in [-0.2, -0.15) is 0 Å². The summed E-state index contributed by atoms with van der Waals surface area (Å²) in [5.41, 5.74) is 0. The molecule has 0 saturated heterocycles. The van der Waals surface area contributed by atoms with E-state index in [4.69, 9.17) is 0 Å². The largest absolute Gasteiger partial charge is 0.306 e. The van der Waals surface area contributed by atoms with Crippen molar-refractivity contribution in [1.29, 1.82) is 0 Å². The van der Waals surface area contributed by atoms with Crippen LogP contribution in [0.5, 0.6) is 0 Å². The number of rotatable bonds is 4. The van der Waals surface area contributed by atoms with E-state index in [0.717, 1.165) is 0 Å². The molecule has 0 saturated carbocycles. The van der Waals surface area contributed by atoms with Gasteiger partial charge < -0.3 is 9.13 Å². The second kappa shape index (κ2) is 5.37. The average molecular weight is 253 g/mol. The Balaban J connectivity index is 4.08. The van der Waals surface area contributed by atoms with Crippen LogP contribution in [0.15, 0.2) is 0 Å². The van der Waals surface area contributed by atoms with Crippen molar-refractivity contribution >= 4 is 23.0 Å². The van der Waals surface area contributed by atoms with Gasteiger partial charge in [0.25, 0.3) is 7.74 Å². The Kier molecular flexibility index (Phi) is 5.65. The second-order valence-corrected chi connectivity index (χ2v) is 8.54. The SMILES string of the molecule is CC(C)N(C)[SiH](Br)N(C)C(C)C. The zero-order valence-corrected chi connectivity index (χ0v) is 11.7. The fourth-order valence-corrected chi connectivity index (χ4v) is 5.18. The van der Waals surface area contributed by atoms with Crippen LogP contribution in [0.4, 0.5) is 0 Å². The minimum absolute atomic E-state index is 0.627. The molecule has 0 aromatic carbocycles. The van der Waals surface area contributed by atoms with Crippen LogP contribution >= 0.6 is 15.3 Å². The van der Waals surface area contributed by atoms with Crippen molar-refractivity contribution < 1.29 is 0 Å². The van der Waals surface area contributed by atoms with E-state index in [9.17, 15) is 0 Å². The summed E-state index contributed by atoms with van der Waals surface area (Å²) in [7, 11) is 3.35. The minimum Gasteiger partial charge on any atom is -0.306 e. The zero-order chi connectivity index (χ0) is 9.89. The molecule has 0 spiro atoms. The van der Waals surface area contributed by atoms with Gasteiger partial charge in [-0.05, 0) is 26.2 Å². The lowest BCUT2D eigenvalue weighted by Crippen LogP contribution is -2.50. The Labute approximate surface area is 86.3 Å². The highest BCUT2D eigenvalue weighted by molar-refractivity contribution is 9.24. The van der Waals surface area contributed by atoms with E-state index in [0.29, 0.717) is 12.1 Å². The van der Waals surface area contributed by atoms with Crippen molar-refractivity contribution in [1.82, 2.24) is 9.13 Å². The highest BCUT2D eigenvalue weighted by Gasteiger charge is 2.22. The first kappa shape index (κ1) is 12.6. The predicted octanol–water partition coefficient (Wildman–Crippen LogP) is 1.78. The normalized spacial score (nSPS) is 13.0. The lowest BCUT2D eigenvalue weighted by molar-refractivity contribution is 0.354. The van der Waals surface area contributed by atoms with Crippen LogP contribution in [0.25, 0.3) is 0 Å². The highest BCUT2D eigenvalue weighted by atomic mass is 79.9. The van der Waals surface area contributed by atoms with Crippen LogP contribution in [-0.4, -0.2) is 43.0 Å². The van der Waals surface area contributed by atoms with Gasteiger partial charge in [0.05, 0.1) is 0 Å². The maximum atomic E-state index is 3.80. The van der Waals surface area contributed by atoms with Crippen LogP contribution in [0.3, 0.4) is 0 Å². The molecule has 12 heavy (non-hydrogen) atoms. The smallest absolute Gasteiger partial charge is 0.264 e. The van der Waals surface area contributed by atoms with E-state index in [1.807, 2.05) is 0 Å². The second-order valence-electron chi connectivity index (χ2n) is 3.83. The quantitative estimate of drug-likeness (QED) is 0.556. The molecular weight excluding hydrogens is 232 g/mol. The molecule has 0 aliphatic rings. The zero-order valence-electron chi connectivity index (χ0n) is 9.00. The van der Waals surface area contributed by atoms with E-state index in [1.165, 1.54) is 0 Å². The summed E-state index contributed by atoms with van der Waals surface area (Å²) in [4.78, 5) is 0. The molecular formula is C8H21BrN2Si. The molecule has 4 heteroatoms. The molecule has 0 heterocycles. The summed E-state index contributed by atoms with van der Waals surface area (Å²) < 4.78 is 4.86. The summed E-state index contributed by atoms with van der Waals surface area (Å²) >= 11 is 3.80. The van der Waals surface area contributed by atoms with Crippen LogP contribution < -0.4 is 0 Å². The Hall–Kier alpha value is 0.617. The third kappa shape index (κ3) is 3.56. The third-order valence-corrected chi connectivity index (χ3v) is 8.71. The lowest BCUT2D eigenvalue weighted by Gasteiger charge is -2.34. The summed E-state index contributed by atoms with van der Waals surface area (Å²) in [6.45, 7) is 8.93. The molecule has 0 N–H and O–H groups in total. The fraction of sp³-hybridized carbons (Fsp3) is 1.00. The van der Waals surface area contributed by atoms with Crippen molar-refractivity contribution in [2.75, 3.05) is 14.1 Å². The molecule has 0 aromatic rings. The van der Waals surface area contributed by atoms with Gasteiger partial charge in [0.15, 0.2) is 0 Å². The van der Waals surface area contributed by atoms with Crippen LogP contribution in [0.2, 0.25) is 0 Å². The molecule has 0 aliphatic carbocycles. The Morgan fingerprint density at radius 1 is 0.917 bits per heavy atom. The first-order valence-electron chi connectivity index (χ1n) is 4.45. The van der Waals surface area contributed by atoms with Crippen molar-refractivity contribution in [3.63, 3.8) is 0 Å². The molecule has 0 fully saturated rings. The number of nitrogens with zero attached hydrogens (tertiary/aromatic N) is 2. The number of hydrogen-bond acceptors (Lipinski definition) is 2. The maximum absolute atomic E-state index is 3.80. The molecule has 74 valence electrons. The molecule has 0 aliphatic heterocycles. The first-order valence-corrected chi connectivity index (χ1v) is 8.67. The van der Waals surface area contributed by atoms with Gasteiger partial charge in [-0.1, -0.05) is 43.0 Å². The lowest BCUT2D eigenvalue weighted by atomic mass is 10.4. The van der Waals surface area contributed by atoms with Crippen LogP contribution in [0, 0.1) is 0 Å². The molecule has 0 radical (unpaired) electrons. The van der Waals surface area contributed by atoms with Crippen LogP contribution in [-0.2, 0) is 0 Å². The van der Waals surface area contributed by atoms with Gasteiger partial charge in [-0.3, -0.25) is 0 Å². The minimum atomic E-state index is -1.03. The monoisotopic (exact) mass is 252 g/mol. The van der Waals surface area contributed by atoms with Gasteiger partial charge >= 0.3 is 0 Å². The van der Waals surface area contributed by atoms with Crippen molar-refractivity contribution in [2.45, 2.75) is 39.8 Å². The molecule has 0 amide bonds. The van der Waals surface area contributed by atoms with E-state index >= 15 is 0 Å². The number of hydrogen-bond donors (Lipinski definition) is 0. The number of halogens is 1.